The summed E-state index contributed by atoms with van der Waals surface area (Å²) < 4.78 is 11.6. The number of carbonyl (C=O) groups excluding carboxylic acids is 1. The molecule has 4 rings (SSSR count). The lowest BCUT2D eigenvalue weighted by molar-refractivity contribution is -0.336. The van der Waals surface area contributed by atoms with Gasteiger partial charge in [-0.3, -0.25) is 0 Å². The predicted octanol–water partition coefficient (Wildman–Crippen LogP) is 1.94. The van der Waals surface area contributed by atoms with Gasteiger partial charge in [0.05, 0.1) is 11.7 Å². The van der Waals surface area contributed by atoms with Gasteiger partial charge in [0.15, 0.2) is 6.10 Å². The van der Waals surface area contributed by atoms with E-state index in [2.05, 4.69) is 0 Å². The van der Waals surface area contributed by atoms with E-state index in [0.717, 1.165) is 0 Å². The van der Waals surface area contributed by atoms with Crippen molar-refractivity contribution in [1.29, 1.82) is 0 Å². The molecule has 0 radical (unpaired) electrons. The highest BCUT2D eigenvalue weighted by Gasteiger charge is 2.71. The highest BCUT2D eigenvalue weighted by atomic mass is 32.2. The van der Waals surface area contributed by atoms with Gasteiger partial charge >= 0.3 is 5.97 Å². The van der Waals surface area contributed by atoms with Gasteiger partial charge in [0.25, 0.3) is 0 Å². The zero-order valence-corrected chi connectivity index (χ0v) is 16.7. The molecule has 154 valence electrons. The Hall–Kier alpha value is -1.90. The molecular weight excluding hydrogens is 392 g/mol. The molecule has 7 heteroatoms. The monoisotopic (exact) mass is 416 g/mol. The highest BCUT2D eigenvalue weighted by Crippen LogP contribution is 2.55. The maximum Gasteiger partial charge on any atom is 0.338 e. The van der Waals surface area contributed by atoms with Gasteiger partial charge in [-0.25, -0.2) is 4.79 Å². The molecule has 1 heterocycles. The van der Waals surface area contributed by atoms with Crippen LogP contribution in [-0.2, 0) is 9.47 Å². The molecule has 0 aromatic heterocycles. The van der Waals surface area contributed by atoms with Gasteiger partial charge in [-0.15, -0.1) is 11.8 Å². The summed E-state index contributed by atoms with van der Waals surface area (Å²) in [6, 6.07) is 17.5. The molecule has 1 aliphatic carbocycles. The number of benzene rings is 2. The second-order valence-electron chi connectivity index (χ2n) is 7.33. The molecule has 2 unspecified atom stereocenters. The molecule has 3 N–H and O–H groups in total. The second-order valence-corrected chi connectivity index (χ2v) is 8.70. The lowest BCUT2D eigenvalue weighted by Gasteiger charge is -2.62. The van der Waals surface area contributed by atoms with Crippen molar-refractivity contribution < 1.29 is 29.6 Å². The summed E-state index contributed by atoms with van der Waals surface area (Å²) in [5.74, 6) is -0.688. The first-order valence-electron chi connectivity index (χ1n) is 9.65. The van der Waals surface area contributed by atoms with Crippen molar-refractivity contribution >= 4 is 17.7 Å². The molecule has 0 amide bonds. The van der Waals surface area contributed by atoms with Gasteiger partial charge in [0.2, 0.25) is 0 Å². The van der Waals surface area contributed by atoms with Crippen LogP contribution in [0.15, 0.2) is 60.7 Å². The molecule has 2 fully saturated rings. The first-order chi connectivity index (χ1) is 14.0. The number of fused-ring (bicyclic) bond motifs is 1. The quantitative estimate of drug-likeness (QED) is 0.641. The zero-order valence-electron chi connectivity index (χ0n) is 15.9. The van der Waals surface area contributed by atoms with Crippen LogP contribution >= 0.6 is 11.8 Å². The Morgan fingerprint density at radius 3 is 2.34 bits per heavy atom. The van der Waals surface area contributed by atoms with E-state index in [9.17, 15) is 20.1 Å². The van der Waals surface area contributed by atoms with Crippen molar-refractivity contribution in [3.05, 3.63) is 71.8 Å². The lowest BCUT2D eigenvalue weighted by atomic mass is 9.57. The minimum Gasteiger partial charge on any atom is -0.452 e. The third-order valence-electron chi connectivity index (χ3n) is 5.68. The van der Waals surface area contributed by atoms with Crippen LogP contribution < -0.4 is 0 Å². The third-order valence-corrected chi connectivity index (χ3v) is 6.72. The number of aliphatic hydroxyl groups is 3. The number of aliphatic hydroxyl groups excluding tert-OH is 2. The number of hydrogen-bond acceptors (Lipinski definition) is 7. The first-order valence-corrected chi connectivity index (χ1v) is 10.7. The van der Waals surface area contributed by atoms with Crippen LogP contribution in [0.5, 0.6) is 0 Å². The maximum atomic E-state index is 12.6. The number of rotatable bonds is 5. The highest BCUT2D eigenvalue weighted by molar-refractivity contribution is 7.99. The fourth-order valence-corrected chi connectivity index (χ4v) is 5.19. The van der Waals surface area contributed by atoms with Gasteiger partial charge in [-0.05, 0) is 23.4 Å². The van der Waals surface area contributed by atoms with Gasteiger partial charge in [-0.2, -0.15) is 0 Å². The molecule has 2 aliphatic rings. The number of esters is 1. The molecule has 6 nitrogen and oxygen atoms in total. The van der Waals surface area contributed by atoms with Crippen molar-refractivity contribution in [3.8, 4) is 0 Å². The Balaban J connectivity index is 1.63. The molecule has 1 aliphatic heterocycles. The van der Waals surface area contributed by atoms with Crippen molar-refractivity contribution in [2.24, 2.45) is 0 Å². The number of carbonyl (C=O) groups is 1. The van der Waals surface area contributed by atoms with Crippen LogP contribution in [-0.4, -0.2) is 62.5 Å². The van der Waals surface area contributed by atoms with Gasteiger partial charge in [-0.1, -0.05) is 55.5 Å². The minimum absolute atomic E-state index is 0.349. The smallest absolute Gasteiger partial charge is 0.338 e. The zero-order chi connectivity index (χ0) is 20.6. The van der Waals surface area contributed by atoms with E-state index in [-0.39, 0.29) is 0 Å². The lowest BCUT2D eigenvalue weighted by Crippen LogP contribution is -2.80. The van der Waals surface area contributed by atoms with Gasteiger partial charge in [0.1, 0.15) is 23.2 Å². The van der Waals surface area contributed by atoms with Crippen LogP contribution in [0.2, 0.25) is 0 Å². The Bertz CT molecular complexity index is 847. The van der Waals surface area contributed by atoms with Crippen LogP contribution in [0.3, 0.4) is 0 Å². The number of ether oxygens (including phenoxy) is 2. The molecule has 0 bridgehead atoms. The third kappa shape index (κ3) is 3.37. The summed E-state index contributed by atoms with van der Waals surface area (Å²) in [5, 5.41) is 33.2. The van der Waals surface area contributed by atoms with Gasteiger partial charge < -0.3 is 24.8 Å². The summed E-state index contributed by atoms with van der Waals surface area (Å²) in [7, 11) is 0. The van der Waals surface area contributed by atoms with Crippen molar-refractivity contribution in [3.63, 3.8) is 0 Å². The van der Waals surface area contributed by atoms with E-state index in [4.69, 9.17) is 9.47 Å². The summed E-state index contributed by atoms with van der Waals surface area (Å²) in [6.07, 6.45) is -4.42. The molecule has 1 saturated carbocycles. The fourth-order valence-electron chi connectivity index (χ4n) is 4.26. The predicted molar refractivity (Wildman–Crippen MR) is 109 cm³/mol. The Labute approximate surface area is 173 Å². The molecule has 2 aromatic rings. The molecule has 29 heavy (non-hydrogen) atoms. The van der Waals surface area contributed by atoms with E-state index in [0.29, 0.717) is 16.9 Å². The number of thioether (sulfide) groups is 1. The van der Waals surface area contributed by atoms with E-state index in [1.807, 2.05) is 13.0 Å². The fraction of sp³-hybridized carbons (Fsp3) is 0.409. The summed E-state index contributed by atoms with van der Waals surface area (Å²) in [5.41, 5.74) is -1.41. The average molecular weight is 416 g/mol. The van der Waals surface area contributed by atoms with Crippen molar-refractivity contribution in [1.82, 2.24) is 0 Å². The summed E-state index contributed by atoms with van der Waals surface area (Å²) in [4.78, 5) is 12.6. The van der Waals surface area contributed by atoms with Crippen molar-refractivity contribution in [2.45, 2.75) is 48.3 Å². The van der Waals surface area contributed by atoms with E-state index < -0.39 is 47.3 Å². The van der Waals surface area contributed by atoms with E-state index in [1.54, 1.807) is 54.6 Å². The average Bonchev–Trinajstić information content (AvgIpc) is 2.75. The summed E-state index contributed by atoms with van der Waals surface area (Å²) >= 11 is 1.36. The Morgan fingerprint density at radius 2 is 1.72 bits per heavy atom. The normalized spacial score (nSPS) is 36.0. The summed E-state index contributed by atoms with van der Waals surface area (Å²) in [6.45, 7) is 1.92. The molecule has 1 saturated heterocycles. The SMILES string of the molecule is CCS[C@@H]1O[C@@H]2C(O)C(c3ccccc3)[C@@]2(O)[C@H](O)[C@H]1OC(=O)c1ccccc1. The number of hydrogen-bond donors (Lipinski definition) is 3. The largest absolute Gasteiger partial charge is 0.452 e. The van der Waals surface area contributed by atoms with Crippen LogP contribution in [0, 0.1) is 0 Å². The van der Waals surface area contributed by atoms with Crippen molar-refractivity contribution in [2.75, 3.05) is 5.75 Å². The van der Waals surface area contributed by atoms with E-state index >= 15 is 0 Å². The topological polar surface area (TPSA) is 96.2 Å². The van der Waals surface area contributed by atoms with Crippen LogP contribution in [0.1, 0.15) is 28.8 Å². The first kappa shape index (κ1) is 20.4. The molecular formula is C22H24O6S. The van der Waals surface area contributed by atoms with E-state index in [1.165, 1.54) is 11.8 Å². The standard InChI is InChI=1S/C22H24O6S/c1-2-29-21-17(27-20(25)14-11-7-4-8-12-14)18(24)22(26)15(16(23)19(22)28-21)13-9-5-3-6-10-13/h3-12,15-19,21,23-24,26H,2H2,1H3/t15?,16?,17-,18-,19-,21+,22-/m1/s1. The Morgan fingerprint density at radius 1 is 1.10 bits per heavy atom. The minimum atomic E-state index is -1.76. The van der Waals surface area contributed by atoms with Gasteiger partial charge in [0, 0.05) is 5.92 Å². The molecule has 7 atom stereocenters. The van der Waals surface area contributed by atoms with Crippen LogP contribution in [0.4, 0.5) is 0 Å². The maximum absolute atomic E-state index is 12.6. The molecule has 2 aromatic carbocycles. The second kappa shape index (κ2) is 8.08. The Kier molecular flexibility index (Phi) is 5.68. The molecule has 0 spiro atoms. The van der Waals surface area contributed by atoms with Crippen LogP contribution in [0.25, 0.3) is 0 Å².